The standard InChI is InChI=1S/C13H17BrN6/c1-7-6-10(8(2)9(3)11(7)20(4)5)16-18-13-15-12(14)17-19-13/h6,12H,1-5H3. The lowest BCUT2D eigenvalue weighted by molar-refractivity contribution is 0.991. The lowest BCUT2D eigenvalue weighted by atomic mass is 10.0. The number of anilines is 1. The van der Waals surface area contributed by atoms with Gasteiger partial charge in [-0.2, -0.15) is 0 Å². The maximum Gasteiger partial charge on any atom is 0.285 e. The van der Waals surface area contributed by atoms with Crippen molar-refractivity contribution in [3.8, 4) is 0 Å². The first-order valence-electron chi connectivity index (χ1n) is 6.22. The average molecular weight is 337 g/mol. The number of guanidine groups is 1. The molecule has 6 nitrogen and oxygen atoms in total. The highest BCUT2D eigenvalue weighted by molar-refractivity contribution is 9.09. The van der Waals surface area contributed by atoms with E-state index >= 15 is 0 Å². The first kappa shape index (κ1) is 14.8. The minimum absolute atomic E-state index is 0.290. The average Bonchev–Trinajstić information content (AvgIpc) is 2.77. The van der Waals surface area contributed by atoms with Crippen LogP contribution in [0.3, 0.4) is 0 Å². The van der Waals surface area contributed by atoms with Gasteiger partial charge in [-0.05, 0) is 59.5 Å². The van der Waals surface area contributed by atoms with E-state index < -0.39 is 0 Å². The molecule has 1 aliphatic heterocycles. The minimum Gasteiger partial charge on any atom is -0.377 e. The van der Waals surface area contributed by atoms with Gasteiger partial charge < -0.3 is 4.90 Å². The maximum atomic E-state index is 4.25. The summed E-state index contributed by atoms with van der Waals surface area (Å²) in [5.41, 5.74) is 5.54. The molecule has 0 N–H and O–H groups in total. The van der Waals surface area contributed by atoms with Crippen molar-refractivity contribution in [1.82, 2.24) is 0 Å². The predicted molar refractivity (Wildman–Crippen MR) is 84.5 cm³/mol. The van der Waals surface area contributed by atoms with Gasteiger partial charge in [0.15, 0.2) is 0 Å². The third kappa shape index (κ3) is 2.92. The molecule has 0 amide bonds. The summed E-state index contributed by atoms with van der Waals surface area (Å²) < 4.78 is 0. The number of alkyl halides is 1. The SMILES string of the molecule is Cc1cc(N=NC2=NC(Br)N=N2)c(C)c(C)c1N(C)C. The number of aliphatic imine (C=N–C) groups is 1. The van der Waals surface area contributed by atoms with Crippen molar-refractivity contribution in [1.29, 1.82) is 0 Å². The van der Waals surface area contributed by atoms with Crippen LogP contribution in [0.2, 0.25) is 0 Å². The topological polar surface area (TPSA) is 65.0 Å². The second-order valence-electron chi connectivity index (χ2n) is 4.86. The van der Waals surface area contributed by atoms with Crippen molar-refractivity contribution in [3.05, 3.63) is 22.8 Å². The molecule has 1 unspecified atom stereocenters. The van der Waals surface area contributed by atoms with E-state index in [2.05, 4.69) is 60.1 Å². The maximum absolute atomic E-state index is 4.25. The van der Waals surface area contributed by atoms with Gasteiger partial charge in [0.05, 0.1) is 5.69 Å². The van der Waals surface area contributed by atoms with Gasteiger partial charge in [0.25, 0.3) is 5.96 Å². The number of hydrogen-bond donors (Lipinski definition) is 0. The van der Waals surface area contributed by atoms with Gasteiger partial charge in [0, 0.05) is 19.8 Å². The molecule has 0 bridgehead atoms. The van der Waals surface area contributed by atoms with Crippen LogP contribution in [0.5, 0.6) is 0 Å². The molecule has 1 aromatic rings. The van der Waals surface area contributed by atoms with Crippen LogP contribution in [0.25, 0.3) is 0 Å². The minimum atomic E-state index is -0.336. The summed E-state index contributed by atoms with van der Waals surface area (Å²) in [5, 5.41) is 15.6. The third-order valence-electron chi connectivity index (χ3n) is 3.19. The molecule has 0 saturated carbocycles. The van der Waals surface area contributed by atoms with Crippen LogP contribution < -0.4 is 4.90 Å². The van der Waals surface area contributed by atoms with Gasteiger partial charge in [-0.15, -0.1) is 20.5 Å². The quantitative estimate of drug-likeness (QED) is 0.452. The second-order valence-corrected chi connectivity index (χ2v) is 5.68. The van der Waals surface area contributed by atoms with Crippen LogP contribution in [-0.2, 0) is 0 Å². The van der Waals surface area contributed by atoms with Gasteiger partial charge in [-0.25, -0.2) is 4.99 Å². The third-order valence-corrected chi connectivity index (χ3v) is 3.58. The number of rotatable bonds is 2. The predicted octanol–water partition coefficient (Wildman–Crippen LogP) is 4.26. The van der Waals surface area contributed by atoms with Crippen molar-refractivity contribution in [2.24, 2.45) is 25.4 Å². The van der Waals surface area contributed by atoms with E-state index in [1.165, 1.54) is 16.8 Å². The zero-order chi connectivity index (χ0) is 14.9. The van der Waals surface area contributed by atoms with Crippen LogP contribution in [0.15, 0.2) is 31.5 Å². The molecular weight excluding hydrogens is 320 g/mol. The summed E-state index contributed by atoms with van der Waals surface area (Å²) >= 11 is 3.21. The van der Waals surface area contributed by atoms with Crippen LogP contribution >= 0.6 is 15.9 Å². The molecule has 0 saturated heterocycles. The summed E-state index contributed by atoms with van der Waals surface area (Å²) in [7, 11) is 4.08. The zero-order valence-electron chi connectivity index (χ0n) is 12.2. The van der Waals surface area contributed by atoms with Crippen molar-refractivity contribution in [2.75, 3.05) is 19.0 Å². The number of halogens is 1. The second kappa shape index (κ2) is 5.78. The summed E-state index contributed by atoms with van der Waals surface area (Å²) in [6.07, 6.45) is 0. The van der Waals surface area contributed by atoms with E-state index in [0.29, 0.717) is 5.96 Å². The molecule has 2 rings (SSSR count). The molecule has 7 heteroatoms. The Morgan fingerprint density at radius 2 is 1.85 bits per heavy atom. The molecule has 0 aromatic heterocycles. The summed E-state index contributed by atoms with van der Waals surface area (Å²) in [5.74, 6) is 0.290. The Kier molecular flexibility index (Phi) is 4.27. The highest BCUT2D eigenvalue weighted by Gasteiger charge is 2.13. The monoisotopic (exact) mass is 336 g/mol. The van der Waals surface area contributed by atoms with E-state index in [4.69, 9.17) is 0 Å². The van der Waals surface area contributed by atoms with E-state index in [0.717, 1.165) is 11.3 Å². The van der Waals surface area contributed by atoms with E-state index in [1.54, 1.807) is 0 Å². The number of azo groups is 2. The molecule has 0 radical (unpaired) electrons. The fraction of sp³-hybridized carbons (Fsp3) is 0.462. The zero-order valence-corrected chi connectivity index (χ0v) is 13.8. The number of aryl methyl sites for hydroxylation is 1. The number of hydrogen-bond acceptors (Lipinski definition) is 6. The summed E-state index contributed by atoms with van der Waals surface area (Å²) in [4.78, 5) is 6.17. The first-order chi connectivity index (χ1) is 9.40. The normalized spacial score (nSPS) is 17.9. The van der Waals surface area contributed by atoms with Gasteiger partial charge in [0.1, 0.15) is 0 Å². The Morgan fingerprint density at radius 3 is 2.40 bits per heavy atom. The Labute approximate surface area is 126 Å². The lowest BCUT2D eigenvalue weighted by Gasteiger charge is -2.21. The van der Waals surface area contributed by atoms with Crippen LogP contribution in [-0.4, -0.2) is 25.1 Å². The van der Waals surface area contributed by atoms with Crippen molar-refractivity contribution >= 4 is 33.3 Å². The van der Waals surface area contributed by atoms with Crippen molar-refractivity contribution in [3.63, 3.8) is 0 Å². The highest BCUT2D eigenvalue weighted by atomic mass is 79.9. The lowest BCUT2D eigenvalue weighted by Crippen LogP contribution is -2.12. The van der Waals surface area contributed by atoms with Crippen LogP contribution in [0.4, 0.5) is 11.4 Å². The molecule has 106 valence electrons. The van der Waals surface area contributed by atoms with Crippen LogP contribution in [0.1, 0.15) is 16.7 Å². The fourth-order valence-electron chi connectivity index (χ4n) is 2.23. The first-order valence-corrected chi connectivity index (χ1v) is 7.14. The molecule has 1 atom stereocenters. The summed E-state index contributed by atoms with van der Waals surface area (Å²) in [6, 6.07) is 2.03. The van der Waals surface area contributed by atoms with E-state index in [1.807, 2.05) is 27.1 Å². The molecule has 1 aromatic carbocycles. The molecule has 0 aliphatic carbocycles. The number of benzene rings is 1. The molecule has 1 heterocycles. The smallest absolute Gasteiger partial charge is 0.285 e. The molecule has 0 spiro atoms. The highest BCUT2D eigenvalue weighted by Crippen LogP contribution is 2.33. The van der Waals surface area contributed by atoms with Gasteiger partial charge >= 0.3 is 0 Å². The van der Waals surface area contributed by atoms with Gasteiger partial charge in [-0.1, -0.05) is 0 Å². The van der Waals surface area contributed by atoms with Crippen LogP contribution in [0, 0.1) is 20.8 Å². The Balaban J connectivity index is 2.37. The van der Waals surface area contributed by atoms with Gasteiger partial charge in [-0.3, -0.25) is 0 Å². The molecule has 20 heavy (non-hydrogen) atoms. The number of nitrogens with zero attached hydrogens (tertiary/aromatic N) is 6. The largest absolute Gasteiger partial charge is 0.377 e. The van der Waals surface area contributed by atoms with E-state index in [-0.39, 0.29) is 5.08 Å². The fourth-order valence-corrected chi connectivity index (χ4v) is 2.50. The van der Waals surface area contributed by atoms with E-state index in [9.17, 15) is 0 Å². The molecule has 0 fully saturated rings. The Bertz CT molecular complexity index is 618. The van der Waals surface area contributed by atoms with Crippen molar-refractivity contribution in [2.45, 2.75) is 25.8 Å². The summed E-state index contributed by atoms with van der Waals surface area (Å²) in [6.45, 7) is 6.21. The Hall–Kier alpha value is -1.63. The van der Waals surface area contributed by atoms with Crippen molar-refractivity contribution < 1.29 is 0 Å². The Morgan fingerprint density at radius 1 is 1.15 bits per heavy atom. The van der Waals surface area contributed by atoms with Gasteiger partial charge in [0.2, 0.25) is 5.08 Å². The molecule has 1 aliphatic rings. The molecular formula is C13H17BrN6.